The summed E-state index contributed by atoms with van der Waals surface area (Å²) in [6.45, 7) is 11.9. The number of Topliss-reactive ketones (excluding diaryl/α,β-unsaturated/α-hetero) is 1. The number of aliphatic hydroxyl groups is 1. The summed E-state index contributed by atoms with van der Waals surface area (Å²) < 4.78 is 0. The molecule has 164 valence electrons. The summed E-state index contributed by atoms with van der Waals surface area (Å²) in [7, 11) is 0. The van der Waals surface area contributed by atoms with Crippen LogP contribution in [0.4, 0.5) is 11.4 Å². The van der Waals surface area contributed by atoms with Crippen LogP contribution in [0.5, 0.6) is 0 Å². The zero-order valence-corrected chi connectivity index (χ0v) is 19.1. The van der Waals surface area contributed by atoms with Crippen molar-refractivity contribution in [1.82, 2.24) is 0 Å². The van der Waals surface area contributed by atoms with E-state index in [0.29, 0.717) is 5.69 Å². The first-order chi connectivity index (χ1) is 14.8. The third-order valence-corrected chi connectivity index (χ3v) is 5.72. The Hall–Kier alpha value is -3.08. The highest BCUT2D eigenvalue weighted by Crippen LogP contribution is 2.42. The van der Waals surface area contributed by atoms with Crippen LogP contribution in [0.25, 0.3) is 0 Å². The lowest BCUT2D eigenvalue weighted by molar-refractivity contribution is -0.118. The number of aliphatic hydroxyl groups excluding tert-OH is 1. The van der Waals surface area contributed by atoms with Gasteiger partial charge >= 0.3 is 0 Å². The van der Waals surface area contributed by atoms with Crippen LogP contribution >= 0.6 is 0 Å². The first-order valence-electron chi connectivity index (χ1n) is 11.0. The number of benzene rings is 2. The molecular formula is C26H32N2O3. The number of nitrogens with zero attached hydrogens (tertiary/aromatic N) is 2. The fraction of sp³-hybridized carbons (Fsp3) is 0.385. The van der Waals surface area contributed by atoms with Crippen LogP contribution in [0.2, 0.25) is 0 Å². The molecule has 0 radical (unpaired) electrons. The molecule has 1 atom stereocenters. The van der Waals surface area contributed by atoms with Gasteiger partial charge in [0.1, 0.15) is 0 Å². The Balaban J connectivity index is 2.11. The van der Waals surface area contributed by atoms with E-state index in [9.17, 15) is 14.7 Å². The lowest BCUT2D eigenvalue weighted by Crippen LogP contribution is -2.31. The number of aryl methyl sites for hydroxylation is 1. The zero-order valence-electron chi connectivity index (χ0n) is 19.1. The van der Waals surface area contributed by atoms with E-state index in [2.05, 4.69) is 18.7 Å². The molecule has 0 fully saturated rings. The molecule has 1 unspecified atom stereocenters. The van der Waals surface area contributed by atoms with Crippen molar-refractivity contribution >= 4 is 23.1 Å². The van der Waals surface area contributed by atoms with Gasteiger partial charge in [0.25, 0.3) is 5.91 Å². The van der Waals surface area contributed by atoms with Crippen LogP contribution in [0.3, 0.4) is 0 Å². The predicted molar refractivity (Wildman–Crippen MR) is 126 cm³/mol. The van der Waals surface area contributed by atoms with Gasteiger partial charge in [0.15, 0.2) is 11.5 Å². The first kappa shape index (κ1) is 22.6. The quantitative estimate of drug-likeness (QED) is 0.625. The number of ketones is 1. The smallest absolute Gasteiger partial charge is 0.294 e. The second-order valence-corrected chi connectivity index (χ2v) is 8.46. The molecular weight excluding hydrogens is 388 g/mol. The molecule has 0 bridgehead atoms. The van der Waals surface area contributed by atoms with E-state index in [1.807, 2.05) is 69.3 Å². The number of rotatable bonds is 8. The Morgan fingerprint density at radius 2 is 1.74 bits per heavy atom. The van der Waals surface area contributed by atoms with E-state index >= 15 is 0 Å². The van der Waals surface area contributed by atoms with Crippen LogP contribution < -0.4 is 9.80 Å². The van der Waals surface area contributed by atoms with Crippen molar-refractivity contribution in [2.45, 2.75) is 47.1 Å². The number of hydrogen-bond acceptors (Lipinski definition) is 4. The van der Waals surface area contributed by atoms with Gasteiger partial charge < -0.3 is 10.0 Å². The fourth-order valence-corrected chi connectivity index (χ4v) is 4.19. The van der Waals surface area contributed by atoms with Crippen LogP contribution in [0.15, 0.2) is 59.9 Å². The van der Waals surface area contributed by atoms with Gasteiger partial charge in [0.05, 0.1) is 11.6 Å². The Morgan fingerprint density at radius 3 is 2.29 bits per heavy atom. The van der Waals surface area contributed by atoms with E-state index < -0.39 is 17.7 Å². The van der Waals surface area contributed by atoms with Crippen molar-refractivity contribution < 1.29 is 14.7 Å². The summed E-state index contributed by atoms with van der Waals surface area (Å²) in [5.74, 6) is -1.03. The summed E-state index contributed by atoms with van der Waals surface area (Å²) in [4.78, 5) is 30.0. The van der Waals surface area contributed by atoms with Crippen molar-refractivity contribution in [2.75, 3.05) is 22.9 Å². The molecule has 1 amide bonds. The van der Waals surface area contributed by atoms with Gasteiger partial charge in [-0.3, -0.25) is 14.5 Å². The monoisotopic (exact) mass is 420 g/mol. The molecule has 5 heteroatoms. The Kier molecular flexibility index (Phi) is 6.84. The minimum atomic E-state index is -0.647. The molecule has 1 N–H and O–H groups in total. The van der Waals surface area contributed by atoms with Crippen LogP contribution in [0.1, 0.15) is 51.3 Å². The van der Waals surface area contributed by atoms with E-state index in [0.717, 1.165) is 29.9 Å². The molecule has 3 rings (SSSR count). The highest BCUT2D eigenvalue weighted by Gasteiger charge is 2.44. The van der Waals surface area contributed by atoms with Crippen molar-refractivity contribution in [3.8, 4) is 0 Å². The fourth-order valence-electron chi connectivity index (χ4n) is 4.19. The lowest BCUT2D eigenvalue weighted by Gasteiger charge is -2.28. The van der Waals surface area contributed by atoms with Gasteiger partial charge in [-0.15, -0.1) is 0 Å². The molecule has 2 aromatic carbocycles. The second kappa shape index (κ2) is 9.38. The number of hydrogen-bond donors (Lipinski definition) is 1. The maximum Gasteiger partial charge on any atom is 0.294 e. The maximum absolute atomic E-state index is 13.1. The van der Waals surface area contributed by atoms with Gasteiger partial charge in [-0.1, -0.05) is 38.1 Å². The number of anilines is 2. The first-order valence-corrected chi connectivity index (χ1v) is 11.0. The summed E-state index contributed by atoms with van der Waals surface area (Å²) >= 11 is 0. The average molecular weight is 421 g/mol. The molecule has 0 aromatic heterocycles. The molecule has 0 saturated heterocycles. The minimum absolute atomic E-state index is 0.126. The lowest BCUT2D eigenvalue weighted by atomic mass is 9.92. The molecule has 1 aliphatic rings. The molecule has 0 aliphatic carbocycles. The Bertz CT molecular complexity index is 988. The number of carbonyl (C=O) groups is 2. The van der Waals surface area contributed by atoms with Crippen molar-refractivity contribution in [3.63, 3.8) is 0 Å². The highest BCUT2D eigenvalue weighted by molar-refractivity contribution is 6.16. The van der Waals surface area contributed by atoms with Crippen LogP contribution in [0, 0.1) is 12.8 Å². The molecule has 0 spiro atoms. The zero-order chi connectivity index (χ0) is 22.7. The third-order valence-electron chi connectivity index (χ3n) is 5.72. The number of amides is 1. The highest BCUT2D eigenvalue weighted by atomic mass is 16.3. The number of carbonyl (C=O) groups excluding carboxylic acids is 2. The molecule has 5 nitrogen and oxygen atoms in total. The summed E-state index contributed by atoms with van der Waals surface area (Å²) in [5, 5.41) is 10.8. The van der Waals surface area contributed by atoms with Crippen molar-refractivity contribution in [1.29, 1.82) is 0 Å². The van der Waals surface area contributed by atoms with Gasteiger partial charge in [-0.05, 0) is 62.1 Å². The third kappa shape index (κ3) is 4.50. The van der Waals surface area contributed by atoms with E-state index in [1.165, 1.54) is 0 Å². The van der Waals surface area contributed by atoms with E-state index in [-0.39, 0.29) is 23.7 Å². The average Bonchev–Trinajstić information content (AvgIpc) is 3.00. The van der Waals surface area contributed by atoms with Gasteiger partial charge in [-0.2, -0.15) is 0 Å². The topological polar surface area (TPSA) is 60.9 Å². The minimum Gasteiger partial charge on any atom is -0.503 e. The van der Waals surface area contributed by atoms with Crippen molar-refractivity contribution in [3.05, 3.63) is 71.0 Å². The van der Waals surface area contributed by atoms with Gasteiger partial charge in [-0.25, -0.2) is 0 Å². The Labute approximate surface area is 185 Å². The second-order valence-electron chi connectivity index (χ2n) is 8.46. The van der Waals surface area contributed by atoms with Crippen molar-refractivity contribution in [2.24, 2.45) is 5.92 Å². The summed E-state index contributed by atoms with van der Waals surface area (Å²) in [6, 6.07) is 14.9. The maximum atomic E-state index is 13.1. The molecule has 1 aliphatic heterocycles. The predicted octanol–water partition coefficient (Wildman–Crippen LogP) is 5.36. The Morgan fingerprint density at radius 1 is 1.10 bits per heavy atom. The van der Waals surface area contributed by atoms with Gasteiger partial charge in [0, 0.05) is 30.9 Å². The molecule has 2 aromatic rings. The normalized spacial score (nSPS) is 16.4. The van der Waals surface area contributed by atoms with Crippen LogP contribution in [-0.4, -0.2) is 29.9 Å². The van der Waals surface area contributed by atoms with E-state index in [4.69, 9.17) is 0 Å². The van der Waals surface area contributed by atoms with Gasteiger partial charge in [0.2, 0.25) is 0 Å². The molecule has 31 heavy (non-hydrogen) atoms. The largest absolute Gasteiger partial charge is 0.503 e. The summed E-state index contributed by atoms with van der Waals surface area (Å²) in [6.07, 6.45) is 0.280. The molecule has 0 saturated carbocycles. The summed E-state index contributed by atoms with van der Waals surface area (Å²) in [5.41, 5.74) is 3.75. The standard InChI is InChI=1S/C26H32N2O3/c1-6-27(7-2)20-13-11-19(12-14-20)24-23(22(29)15-17(3)4)25(30)26(31)28(24)21-10-8-9-18(5)16-21/h8-14,16-17,24,30H,6-7,15H2,1-5H3. The SMILES string of the molecule is CCN(CC)c1ccc(C2C(C(=O)CC(C)C)=C(O)C(=O)N2c2cccc(C)c2)cc1. The molecule has 1 heterocycles. The van der Waals surface area contributed by atoms with E-state index in [1.54, 1.807) is 4.90 Å². The van der Waals surface area contributed by atoms with Crippen LogP contribution in [-0.2, 0) is 9.59 Å².